The van der Waals surface area contributed by atoms with E-state index in [1.165, 1.54) is 17.7 Å². The highest BCUT2D eigenvalue weighted by atomic mass is 19.1. The Morgan fingerprint density at radius 1 is 1.12 bits per heavy atom. The van der Waals surface area contributed by atoms with Crippen LogP contribution in [-0.4, -0.2) is 45.1 Å². The standard InChI is InChI=1S/C24H22FN5O4/c1-4-29-13-26-22-17(12-27-28-23(22)29)14-5-6-18(25)15(9-14)16-10-21-19(11-20(16)33-3)30(7-8-32-2)24(31)34-21/h5-6,9-13H,4,7-8H2,1-3H3. The number of imidazole rings is 1. The second-order valence-electron chi connectivity index (χ2n) is 7.69. The molecular weight excluding hydrogens is 441 g/mol. The third kappa shape index (κ3) is 3.52. The van der Waals surface area contributed by atoms with E-state index in [0.29, 0.717) is 58.8 Å². The fourth-order valence-corrected chi connectivity index (χ4v) is 4.08. The summed E-state index contributed by atoms with van der Waals surface area (Å²) in [5.41, 5.74) is 4.42. The van der Waals surface area contributed by atoms with E-state index in [0.717, 1.165) is 11.1 Å². The van der Waals surface area contributed by atoms with Crippen LogP contribution in [0.1, 0.15) is 6.92 Å². The van der Waals surface area contributed by atoms with Crippen LogP contribution in [0.3, 0.4) is 0 Å². The molecule has 0 bridgehead atoms. The summed E-state index contributed by atoms with van der Waals surface area (Å²) in [5.74, 6) is -0.555. The Bertz CT molecular complexity index is 1570. The molecule has 174 valence electrons. The molecule has 0 unspecified atom stereocenters. The van der Waals surface area contributed by atoms with Crippen molar-refractivity contribution >= 4 is 22.3 Å². The van der Waals surface area contributed by atoms with Crippen molar-refractivity contribution in [3.63, 3.8) is 0 Å². The summed E-state index contributed by atoms with van der Waals surface area (Å²) in [6, 6.07) is 8.06. The lowest BCUT2D eigenvalue weighted by molar-refractivity contribution is 0.186. The number of rotatable bonds is 7. The van der Waals surface area contributed by atoms with Gasteiger partial charge < -0.3 is 18.5 Å². The Kier molecular flexibility index (Phi) is 5.58. The molecule has 3 heterocycles. The zero-order valence-corrected chi connectivity index (χ0v) is 18.9. The number of aryl methyl sites for hydroxylation is 1. The van der Waals surface area contributed by atoms with Crippen LogP contribution in [0.2, 0.25) is 0 Å². The summed E-state index contributed by atoms with van der Waals surface area (Å²) in [6.45, 7) is 3.37. The van der Waals surface area contributed by atoms with E-state index >= 15 is 4.39 Å². The van der Waals surface area contributed by atoms with E-state index in [4.69, 9.17) is 13.9 Å². The number of nitrogens with zero attached hydrogens (tertiary/aromatic N) is 5. The van der Waals surface area contributed by atoms with Gasteiger partial charge in [-0.3, -0.25) is 4.57 Å². The van der Waals surface area contributed by atoms with Gasteiger partial charge in [-0.1, -0.05) is 6.07 Å². The molecule has 0 saturated carbocycles. The van der Waals surface area contributed by atoms with Gasteiger partial charge in [-0.05, 0) is 30.7 Å². The van der Waals surface area contributed by atoms with Gasteiger partial charge in [0.25, 0.3) is 0 Å². The van der Waals surface area contributed by atoms with Crippen LogP contribution >= 0.6 is 0 Å². The quantitative estimate of drug-likeness (QED) is 0.361. The Morgan fingerprint density at radius 3 is 2.74 bits per heavy atom. The van der Waals surface area contributed by atoms with Gasteiger partial charge in [0.2, 0.25) is 0 Å². The summed E-state index contributed by atoms with van der Waals surface area (Å²) < 4.78 is 34.5. The molecule has 9 nitrogen and oxygen atoms in total. The van der Waals surface area contributed by atoms with E-state index in [1.54, 1.807) is 43.9 Å². The molecule has 3 aromatic heterocycles. The maximum absolute atomic E-state index is 15.1. The van der Waals surface area contributed by atoms with Crippen LogP contribution in [0.15, 0.2) is 52.1 Å². The fourth-order valence-electron chi connectivity index (χ4n) is 4.08. The largest absolute Gasteiger partial charge is 0.496 e. The Morgan fingerprint density at radius 2 is 1.97 bits per heavy atom. The van der Waals surface area contributed by atoms with E-state index < -0.39 is 11.6 Å². The Labute approximate surface area is 193 Å². The number of aromatic nitrogens is 5. The SMILES string of the molecule is CCn1cnc2c(-c3ccc(F)c(-c4cc5oc(=O)n(CCOC)c5cc4OC)c3)cnnc21. The molecule has 0 atom stereocenters. The predicted molar refractivity (Wildman–Crippen MR) is 124 cm³/mol. The van der Waals surface area contributed by atoms with Crippen molar-refractivity contribution in [1.29, 1.82) is 0 Å². The van der Waals surface area contributed by atoms with Crippen LogP contribution in [0.4, 0.5) is 4.39 Å². The lowest BCUT2D eigenvalue weighted by Gasteiger charge is -2.12. The summed E-state index contributed by atoms with van der Waals surface area (Å²) in [6.07, 6.45) is 3.32. The van der Waals surface area contributed by atoms with Gasteiger partial charge in [-0.25, -0.2) is 14.2 Å². The molecule has 10 heteroatoms. The maximum atomic E-state index is 15.1. The first-order valence-electron chi connectivity index (χ1n) is 10.7. The normalized spacial score (nSPS) is 11.5. The van der Waals surface area contributed by atoms with Crippen LogP contribution in [0.5, 0.6) is 5.75 Å². The van der Waals surface area contributed by atoms with E-state index in [2.05, 4.69) is 15.2 Å². The van der Waals surface area contributed by atoms with Crippen LogP contribution < -0.4 is 10.5 Å². The van der Waals surface area contributed by atoms with Gasteiger partial charge in [-0.15, -0.1) is 5.10 Å². The molecule has 0 aliphatic carbocycles. The van der Waals surface area contributed by atoms with Crippen molar-refractivity contribution in [1.82, 2.24) is 24.3 Å². The maximum Gasteiger partial charge on any atom is 0.420 e. The highest BCUT2D eigenvalue weighted by molar-refractivity contribution is 5.92. The minimum absolute atomic E-state index is 0.295. The lowest BCUT2D eigenvalue weighted by atomic mass is 9.98. The van der Waals surface area contributed by atoms with Gasteiger partial charge in [-0.2, -0.15) is 5.10 Å². The second-order valence-corrected chi connectivity index (χ2v) is 7.69. The zero-order valence-electron chi connectivity index (χ0n) is 18.9. The zero-order chi connectivity index (χ0) is 23.8. The predicted octanol–water partition coefficient (Wildman–Crippen LogP) is 3.88. The highest BCUT2D eigenvalue weighted by Crippen LogP contribution is 2.38. The number of fused-ring (bicyclic) bond motifs is 2. The van der Waals surface area contributed by atoms with Crippen molar-refractivity contribution in [3.05, 3.63) is 59.2 Å². The molecule has 0 fully saturated rings. The smallest absolute Gasteiger partial charge is 0.420 e. The van der Waals surface area contributed by atoms with Gasteiger partial charge >= 0.3 is 5.76 Å². The topological polar surface area (TPSA) is 97.2 Å². The van der Waals surface area contributed by atoms with Crippen molar-refractivity contribution < 1.29 is 18.3 Å². The number of benzene rings is 2. The van der Waals surface area contributed by atoms with Gasteiger partial charge in [0.1, 0.15) is 17.1 Å². The van der Waals surface area contributed by atoms with Crippen molar-refractivity contribution in [2.75, 3.05) is 20.8 Å². The first-order valence-corrected chi connectivity index (χ1v) is 10.7. The second kappa shape index (κ2) is 8.71. The van der Waals surface area contributed by atoms with E-state index in [1.807, 2.05) is 11.5 Å². The molecule has 0 aliphatic rings. The first kappa shape index (κ1) is 21.8. The monoisotopic (exact) mass is 463 g/mol. The summed E-state index contributed by atoms with van der Waals surface area (Å²) >= 11 is 0. The molecule has 5 aromatic rings. The first-order chi connectivity index (χ1) is 16.5. The number of methoxy groups -OCH3 is 2. The number of hydrogen-bond acceptors (Lipinski definition) is 7. The summed E-state index contributed by atoms with van der Waals surface area (Å²) in [4.78, 5) is 16.8. The summed E-state index contributed by atoms with van der Waals surface area (Å²) in [5, 5.41) is 8.31. The molecule has 34 heavy (non-hydrogen) atoms. The van der Waals surface area contributed by atoms with Crippen LogP contribution in [-0.2, 0) is 17.8 Å². The van der Waals surface area contributed by atoms with E-state index in [-0.39, 0.29) is 0 Å². The van der Waals surface area contributed by atoms with Crippen LogP contribution in [0, 0.1) is 5.82 Å². The van der Waals surface area contributed by atoms with Crippen molar-refractivity contribution in [2.24, 2.45) is 0 Å². The third-order valence-corrected chi connectivity index (χ3v) is 5.82. The molecule has 0 saturated heterocycles. The third-order valence-electron chi connectivity index (χ3n) is 5.82. The molecule has 0 N–H and O–H groups in total. The minimum atomic E-state index is -0.516. The molecule has 0 aliphatic heterocycles. The molecule has 0 amide bonds. The number of halogens is 1. The van der Waals surface area contributed by atoms with Gasteiger partial charge in [0.15, 0.2) is 11.2 Å². The molecule has 0 spiro atoms. The number of hydrogen-bond donors (Lipinski definition) is 0. The van der Waals surface area contributed by atoms with Crippen molar-refractivity contribution in [3.8, 4) is 28.0 Å². The number of ether oxygens (including phenoxy) is 2. The van der Waals surface area contributed by atoms with Crippen molar-refractivity contribution in [2.45, 2.75) is 20.0 Å². The minimum Gasteiger partial charge on any atom is -0.496 e. The Hall–Kier alpha value is -4.05. The average molecular weight is 463 g/mol. The molecular formula is C24H22FN5O4. The number of oxazole rings is 1. The van der Waals surface area contributed by atoms with Crippen LogP contribution in [0.25, 0.3) is 44.5 Å². The highest BCUT2D eigenvalue weighted by Gasteiger charge is 2.19. The van der Waals surface area contributed by atoms with Gasteiger partial charge in [0.05, 0.1) is 38.3 Å². The van der Waals surface area contributed by atoms with Gasteiger partial charge in [0, 0.05) is 36.4 Å². The fraction of sp³-hybridized carbons (Fsp3) is 0.250. The molecule has 5 rings (SSSR count). The average Bonchev–Trinajstić information content (AvgIpc) is 3.41. The Balaban J connectivity index is 1.68. The summed E-state index contributed by atoms with van der Waals surface area (Å²) in [7, 11) is 3.05. The lowest BCUT2D eigenvalue weighted by Crippen LogP contribution is -2.16. The molecule has 2 aromatic carbocycles. The van der Waals surface area contributed by atoms with E-state index in [9.17, 15) is 4.79 Å². The molecule has 0 radical (unpaired) electrons.